The molecule has 0 saturated carbocycles. The van der Waals surface area contributed by atoms with Gasteiger partial charge < -0.3 is 20.9 Å². The van der Waals surface area contributed by atoms with Crippen molar-refractivity contribution in [3.8, 4) is 22.5 Å². The Bertz CT molecular complexity index is 1500. The highest BCUT2D eigenvalue weighted by molar-refractivity contribution is 6.06. The van der Waals surface area contributed by atoms with Gasteiger partial charge in [0.15, 0.2) is 0 Å². The molecule has 0 fully saturated rings. The number of fused-ring (bicyclic) bond motifs is 1. The number of imidazole rings is 1. The van der Waals surface area contributed by atoms with Gasteiger partial charge in [0, 0.05) is 41.3 Å². The Morgan fingerprint density at radius 3 is 2.46 bits per heavy atom. The number of carbonyl (C=O) groups is 2. The first-order valence-electron chi connectivity index (χ1n) is 10.6. The molecule has 3 amide bonds. The minimum absolute atomic E-state index is 0.106. The van der Waals surface area contributed by atoms with E-state index in [4.69, 9.17) is 0 Å². The van der Waals surface area contributed by atoms with Crippen molar-refractivity contribution in [1.82, 2.24) is 15.3 Å². The van der Waals surface area contributed by atoms with E-state index in [0.29, 0.717) is 28.1 Å². The second-order valence-corrected chi connectivity index (χ2v) is 8.01. The summed E-state index contributed by atoms with van der Waals surface area (Å²) >= 11 is 0. The minimum Gasteiger partial charge on any atom is -0.348 e. The van der Waals surface area contributed by atoms with Gasteiger partial charge in [-0.15, -0.1) is 0 Å². The zero-order chi connectivity index (χ0) is 24.7. The summed E-state index contributed by atoms with van der Waals surface area (Å²) in [6, 6.07) is 9.27. The number of hydrogen-bond acceptors (Lipinski definition) is 3. The van der Waals surface area contributed by atoms with E-state index in [1.165, 1.54) is 12.1 Å². The van der Waals surface area contributed by atoms with E-state index < -0.39 is 23.5 Å². The van der Waals surface area contributed by atoms with E-state index in [1.807, 2.05) is 6.92 Å². The van der Waals surface area contributed by atoms with Crippen LogP contribution < -0.4 is 16.0 Å². The van der Waals surface area contributed by atoms with Gasteiger partial charge in [0.2, 0.25) is 0 Å². The van der Waals surface area contributed by atoms with Gasteiger partial charge in [-0.25, -0.2) is 22.9 Å². The molecule has 0 radical (unpaired) electrons. The molecule has 0 aliphatic carbocycles. The van der Waals surface area contributed by atoms with Crippen molar-refractivity contribution in [3.05, 3.63) is 89.0 Å². The number of aromatic nitrogens is 2. The molecule has 4 N–H and O–H groups in total. The van der Waals surface area contributed by atoms with E-state index >= 15 is 4.39 Å². The summed E-state index contributed by atoms with van der Waals surface area (Å²) in [5.74, 6) is -1.89. The second kappa shape index (κ2) is 8.64. The van der Waals surface area contributed by atoms with Gasteiger partial charge in [-0.05, 0) is 54.4 Å². The van der Waals surface area contributed by atoms with Crippen molar-refractivity contribution < 1.29 is 22.8 Å². The Labute approximate surface area is 197 Å². The van der Waals surface area contributed by atoms with Crippen LogP contribution in [0.15, 0.2) is 54.7 Å². The predicted octanol–water partition coefficient (Wildman–Crippen LogP) is 5.36. The molecular formula is C25H18F3N5O2. The van der Waals surface area contributed by atoms with Gasteiger partial charge in [0.1, 0.15) is 23.3 Å². The number of urea groups is 1. The van der Waals surface area contributed by atoms with Crippen LogP contribution >= 0.6 is 0 Å². The molecular weight excluding hydrogens is 459 g/mol. The highest BCUT2D eigenvalue weighted by Crippen LogP contribution is 2.36. The van der Waals surface area contributed by atoms with Gasteiger partial charge in [-0.1, -0.05) is 6.07 Å². The SMILES string of the molecule is Cc1cnc(-c2ccc(-c3ccc(NC(=O)Nc4cc(F)ccc4F)cc3F)c3c2C(=O)NC3)[nH]1. The number of aryl methyl sites for hydroxylation is 1. The molecule has 35 heavy (non-hydrogen) atoms. The minimum atomic E-state index is -0.865. The van der Waals surface area contributed by atoms with Gasteiger partial charge in [0.25, 0.3) is 5.91 Å². The van der Waals surface area contributed by atoms with Crippen LogP contribution in [-0.2, 0) is 6.54 Å². The first-order valence-corrected chi connectivity index (χ1v) is 10.6. The van der Waals surface area contributed by atoms with Crippen molar-refractivity contribution in [2.45, 2.75) is 13.5 Å². The van der Waals surface area contributed by atoms with Crippen LogP contribution in [0.1, 0.15) is 21.6 Å². The Kier molecular flexibility index (Phi) is 5.48. The molecule has 1 aromatic heterocycles. The van der Waals surface area contributed by atoms with Crippen molar-refractivity contribution in [3.63, 3.8) is 0 Å². The Hall–Kier alpha value is -4.60. The highest BCUT2D eigenvalue weighted by Gasteiger charge is 2.28. The lowest BCUT2D eigenvalue weighted by molar-refractivity contribution is 0.0966. The third-order valence-corrected chi connectivity index (χ3v) is 5.62. The monoisotopic (exact) mass is 477 g/mol. The third-order valence-electron chi connectivity index (χ3n) is 5.62. The summed E-state index contributed by atoms with van der Waals surface area (Å²) in [7, 11) is 0. The van der Waals surface area contributed by atoms with E-state index in [2.05, 4.69) is 25.9 Å². The Morgan fingerprint density at radius 1 is 0.943 bits per heavy atom. The molecule has 0 spiro atoms. The van der Waals surface area contributed by atoms with Crippen LogP contribution in [0.5, 0.6) is 0 Å². The molecule has 0 atom stereocenters. The van der Waals surface area contributed by atoms with Crippen molar-refractivity contribution in [2.24, 2.45) is 0 Å². The van der Waals surface area contributed by atoms with Crippen LogP contribution in [0, 0.1) is 24.4 Å². The molecule has 3 aromatic carbocycles. The largest absolute Gasteiger partial charge is 0.348 e. The summed E-state index contributed by atoms with van der Waals surface area (Å²) in [6.45, 7) is 2.09. The number of rotatable bonds is 4. The van der Waals surface area contributed by atoms with Crippen molar-refractivity contribution in [2.75, 3.05) is 10.6 Å². The Balaban J connectivity index is 1.42. The number of carbonyl (C=O) groups excluding carboxylic acids is 2. The molecule has 176 valence electrons. The predicted molar refractivity (Wildman–Crippen MR) is 124 cm³/mol. The van der Waals surface area contributed by atoms with Gasteiger partial charge >= 0.3 is 6.03 Å². The van der Waals surface area contributed by atoms with Gasteiger partial charge in [-0.2, -0.15) is 0 Å². The zero-order valence-electron chi connectivity index (χ0n) is 18.3. The third kappa shape index (κ3) is 4.21. The second-order valence-electron chi connectivity index (χ2n) is 8.01. The molecule has 10 heteroatoms. The lowest BCUT2D eigenvalue weighted by atomic mass is 9.92. The van der Waals surface area contributed by atoms with E-state index in [0.717, 1.165) is 30.0 Å². The normalized spacial score (nSPS) is 12.3. The maximum Gasteiger partial charge on any atom is 0.323 e. The number of nitrogens with one attached hydrogen (secondary N) is 4. The number of H-pyrrole nitrogens is 1. The fraction of sp³-hybridized carbons (Fsp3) is 0.0800. The first kappa shape index (κ1) is 22.2. The smallest absolute Gasteiger partial charge is 0.323 e. The van der Waals surface area contributed by atoms with Crippen molar-refractivity contribution in [1.29, 1.82) is 0 Å². The van der Waals surface area contributed by atoms with Gasteiger partial charge in [-0.3, -0.25) is 4.79 Å². The number of halogens is 3. The van der Waals surface area contributed by atoms with Gasteiger partial charge in [0.05, 0.1) is 11.3 Å². The fourth-order valence-electron chi connectivity index (χ4n) is 4.04. The summed E-state index contributed by atoms with van der Waals surface area (Å²) in [6.07, 6.45) is 1.66. The van der Waals surface area contributed by atoms with Crippen LogP contribution in [0.25, 0.3) is 22.5 Å². The molecule has 1 aliphatic rings. The standard InChI is InChI=1S/C25H18F3N5O2/c1-12-10-29-23(31-12)17-6-5-15(18-11-30-24(34)22(17)18)16-4-3-14(9-20(16)28)32-25(35)33-21-8-13(26)2-7-19(21)27/h2-10H,11H2,1H3,(H,29,31)(H,30,34)(H2,32,33,35). The molecule has 0 bridgehead atoms. The lowest BCUT2D eigenvalue weighted by Gasteiger charge is -2.13. The fourth-order valence-corrected chi connectivity index (χ4v) is 4.04. The number of hydrogen-bond donors (Lipinski definition) is 4. The number of aromatic amines is 1. The van der Waals surface area contributed by atoms with Crippen molar-refractivity contribution >= 4 is 23.3 Å². The van der Waals surface area contributed by atoms with Crippen LogP contribution in [0.2, 0.25) is 0 Å². The maximum atomic E-state index is 15.1. The molecule has 0 saturated heterocycles. The molecule has 2 heterocycles. The number of benzene rings is 3. The molecule has 5 rings (SSSR count). The first-order chi connectivity index (χ1) is 16.8. The van der Waals surface area contributed by atoms with Crippen LogP contribution in [0.4, 0.5) is 29.3 Å². The maximum absolute atomic E-state index is 15.1. The van der Waals surface area contributed by atoms with E-state index in [1.54, 1.807) is 18.3 Å². The number of anilines is 2. The summed E-state index contributed by atoms with van der Waals surface area (Å²) in [5, 5.41) is 7.35. The van der Waals surface area contributed by atoms with E-state index in [9.17, 15) is 18.4 Å². The van der Waals surface area contributed by atoms with Crippen LogP contribution in [0.3, 0.4) is 0 Å². The molecule has 4 aromatic rings. The highest BCUT2D eigenvalue weighted by atomic mass is 19.1. The summed E-state index contributed by atoms with van der Waals surface area (Å²) in [5.41, 5.74) is 3.05. The lowest BCUT2D eigenvalue weighted by Crippen LogP contribution is -2.20. The van der Waals surface area contributed by atoms with E-state index in [-0.39, 0.29) is 29.4 Å². The van der Waals surface area contributed by atoms with Crippen LogP contribution in [-0.4, -0.2) is 21.9 Å². The topological polar surface area (TPSA) is 98.9 Å². The summed E-state index contributed by atoms with van der Waals surface area (Å²) < 4.78 is 42.2. The Morgan fingerprint density at radius 2 is 1.71 bits per heavy atom. The number of amides is 3. The zero-order valence-corrected chi connectivity index (χ0v) is 18.3. The molecule has 7 nitrogen and oxygen atoms in total. The molecule has 1 aliphatic heterocycles. The molecule has 0 unspecified atom stereocenters. The number of nitrogens with zero attached hydrogens (tertiary/aromatic N) is 1. The average Bonchev–Trinajstić information content (AvgIpc) is 3.42. The summed E-state index contributed by atoms with van der Waals surface area (Å²) in [4.78, 5) is 32.1. The average molecular weight is 477 g/mol. The quantitative estimate of drug-likeness (QED) is 0.319.